The lowest BCUT2D eigenvalue weighted by molar-refractivity contribution is 0.103. The van der Waals surface area contributed by atoms with Crippen LogP contribution in [0.25, 0.3) is 0 Å². The van der Waals surface area contributed by atoms with Gasteiger partial charge in [-0.05, 0) is 44.0 Å². The van der Waals surface area contributed by atoms with Crippen molar-refractivity contribution in [1.29, 1.82) is 0 Å². The molecule has 0 aliphatic rings. The molecule has 0 amide bonds. The molecule has 2 rings (SSSR count). The van der Waals surface area contributed by atoms with Gasteiger partial charge in [-0.3, -0.25) is 4.79 Å². The van der Waals surface area contributed by atoms with E-state index in [9.17, 15) is 4.79 Å². The van der Waals surface area contributed by atoms with Gasteiger partial charge in [-0.25, -0.2) is 0 Å². The first-order valence-electron chi connectivity index (χ1n) is 7.50. The Balaban J connectivity index is 2.25. The van der Waals surface area contributed by atoms with E-state index in [0.29, 0.717) is 5.56 Å². The number of benzene rings is 2. The summed E-state index contributed by atoms with van der Waals surface area (Å²) < 4.78 is 5.65. The van der Waals surface area contributed by atoms with Gasteiger partial charge in [0.05, 0.1) is 6.10 Å². The SMILES string of the molecule is CCCc1cccc(C(=O)c2cccc(OC(C)C)c2)c1. The standard InChI is InChI=1S/C19H22O2/c1-4-7-15-8-5-9-16(12-15)19(20)17-10-6-11-18(13-17)21-14(2)3/h5-6,8-14H,4,7H2,1-3H3. The van der Waals surface area contributed by atoms with Crippen molar-refractivity contribution in [2.75, 3.05) is 0 Å². The maximum absolute atomic E-state index is 12.6. The third-order valence-electron chi connectivity index (χ3n) is 3.20. The monoisotopic (exact) mass is 282 g/mol. The lowest BCUT2D eigenvalue weighted by Crippen LogP contribution is -2.07. The summed E-state index contributed by atoms with van der Waals surface area (Å²) in [4.78, 5) is 12.6. The molecular formula is C19H22O2. The van der Waals surface area contributed by atoms with E-state index in [-0.39, 0.29) is 11.9 Å². The number of hydrogen-bond donors (Lipinski definition) is 0. The second-order valence-corrected chi connectivity index (χ2v) is 5.47. The van der Waals surface area contributed by atoms with Crippen molar-refractivity contribution in [3.63, 3.8) is 0 Å². The molecular weight excluding hydrogens is 260 g/mol. The second kappa shape index (κ2) is 7.07. The van der Waals surface area contributed by atoms with Gasteiger partial charge in [0.1, 0.15) is 5.75 Å². The third kappa shape index (κ3) is 4.19. The first-order chi connectivity index (χ1) is 10.1. The smallest absolute Gasteiger partial charge is 0.193 e. The summed E-state index contributed by atoms with van der Waals surface area (Å²) >= 11 is 0. The zero-order valence-electron chi connectivity index (χ0n) is 12.9. The van der Waals surface area contributed by atoms with Crippen LogP contribution in [0.3, 0.4) is 0 Å². The minimum atomic E-state index is 0.0437. The zero-order valence-corrected chi connectivity index (χ0v) is 12.9. The molecule has 0 saturated heterocycles. The Bertz CT molecular complexity index is 614. The summed E-state index contributed by atoms with van der Waals surface area (Å²) in [6, 6.07) is 15.3. The van der Waals surface area contributed by atoms with Crippen LogP contribution in [0.1, 0.15) is 48.7 Å². The van der Waals surface area contributed by atoms with Crippen LogP contribution in [0.2, 0.25) is 0 Å². The van der Waals surface area contributed by atoms with Crippen molar-refractivity contribution in [1.82, 2.24) is 0 Å². The molecule has 21 heavy (non-hydrogen) atoms. The van der Waals surface area contributed by atoms with E-state index in [4.69, 9.17) is 4.74 Å². The molecule has 110 valence electrons. The van der Waals surface area contributed by atoms with Gasteiger partial charge in [0.25, 0.3) is 0 Å². The quantitative estimate of drug-likeness (QED) is 0.720. The molecule has 0 aromatic heterocycles. The molecule has 0 unspecified atom stereocenters. The molecule has 0 atom stereocenters. The number of hydrogen-bond acceptors (Lipinski definition) is 2. The third-order valence-corrected chi connectivity index (χ3v) is 3.20. The van der Waals surface area contributed by atoms with E-state index in [1.54, 1.807) is 0 Å². The van der Waals surface area contributed by atoms with E-state index in [2.05, 4.69) is 13.0 Å². The second-order valence-electron chi connectivity index (χ2n) is 5.47. The average Bonchev–Trinajstić information content (AvgIpc) is 2.47. The lowest BCUT2D eigenvalue weighted by Gasteiger charge is -2.11. The zero-order chi connectivity index (χ0) is 15.2. The number of ketones is 1. The van der Waals surface area contributed by atoms with Crippen molar-refractivity contribution < 1.29 is 9.53 Å². The van der Waals surface area contributed by atoms with Crippen LogP contribution in [-0.4, -0.2) is 11.9 Å². The highest BCUT2D eigenvalue weighted by molar-refractivity contribution is 6.09. The van der Waals surface area contributed by atoms with Crippen LogP contribution in [-0.2, 0) is 6.42 Å². The maximum atomic E-state index is 12.6. The minimum Gasteiger partial charge on any atom is -0.491 e. The molecule has 2 heteroatoms. The molecule has 0 saturated carbocycles. The summed E-state index contributed by atoms with van der Waals surface area (Å²) in [6.45, 7) is 6.09. The molecule has 0 spiro atoms. The number of rotatable bonds is 6. The summed E-state index contributed by atoms with van der Waals surface area (Å²) in [5.74, 6) is 0.780. The maximum Gasteiger partial charge on any atom is 0.193 e. The Labute approximate surface area is 126 Å². The highest BCUT2D eigenvalue weighted by Gasteiger charge is 2.11. The van der Waals surface area contributed by atoms with Crippen LogP contribution in [0.5, 0.6) is 5.75 Å². The van der Waals surface area contributed by atoms with Gasteiger partial charge in [0.15, 0.2) is 5.78 Å². The number of ether oxygens (including phenoxy) is 1. The Morgan fingerprint density at radius 1 is 1.05 bits per heavy atom. The molecule has 2 nitrogen and oxygen atoms in total. The number of carbonyl (C=O) groups excluding carboxylic acids is 1. The van der Waals surface area contributed by atoms with E-state index < -0.39 is 0 Å². The van der Waals surface area contributed by atoms with Crippen LogP contribution in [0.4, 0.5) is 0 Å². The molecule has 0 radical (unpaired) electrons. The van der Waals surface area contributed by atoms with Crippen molar-refractivity contribution in [3.8, 4) is 5.75 Å². The first kappa shape index (κ1) is 15.3. The highest BCUT2D eigenvalue weighted by Crippen LogP contribution is 2.18. The molecule has 2 aromatic carbocycles. The van der Waals surface area contributed by atoms with E-state index in [1.165, 1.54) is 5.56 Å². The molecule has 0 fully saturated rings. The van der Waals surface area contributed by atoms with Gasteiger partial charge < -0.3 is 4.74 Å². The molecule has 0 aliphatic heterocycles. The van der Waals surface area contributed by atoms with Gasteiger partial charge in [-0.15, -0.1) is 0 Å². The normalized spacial score (nSPS) is 10.7. The van der Waals surface area contributed by atoms with Crippen molar-refractivity contribution in [2.45, 2.75) is 39.7 Å². The molecule has 0 N–H and O–H groups in total. The van der Waals surface area contributed by atoms with Gasteiger partial charge in [0, 0.05) is 11.1 Å². The Morgan fingerprint density at radius 3 is 2.38 bits per heavy atom. The van der Waals surface area contributed by atoms with E-state index in [0.717, 1.165) is 24.2 Å². The topological polar surface area (TPSA) is 26.3 Å². The number of carbonyl (C=O) groups is 1. The van der Waals surface area contributed by atoms with Crippen LogP contribution >= 0.6 is 0 Å². The first-order valence-corrected chi connectivity index (χ1v) is 7.50. The summed E-state index contributed by atoms with van der Waals surface area (Å²) in [6.07, 6.45) is 2.18. The van der Waals surface area contributed by atoms with Crippen LogP contribution < -0.4 is 4.74 Å². The largest absolute Gasteiger partial charge is 0.491 e. The average molecular weight is 282 g/mol. The summed E-state index contributed by atoms with van der Waals surface area (Å²) in [7, 11) is 0. The fourth-order valence-corrected chi connectivity index (χ4v) is 2.31. The van der Waals surface area contributed by atoms with Gasteiger partial charge in [-0.2, -0.15) is 0 Å². The predicted octanol–water partition coefficient (Wildman–Crippen LogP) is 4.66. The Hall–Kier alpha value is -2.09. The van der Waals surface area contributed by atoms with Gasteiger partial charge in [0.2, 0.25) is 0 Å². The Kier molecular flexibility index (Phi) is 5.15. The van der Waals surface area contributed by atoms with Crippen molar-refractivity contribution in [2.24, 2.45) is 0 Å². The fraction of sp³-hybridized carbons (Fsp3) is 0.316. The fourth-order valence-electron chi connectivity index (χ4n) is 2.31. The van der Waals surface area contributed by atoms with E-state index >= 15 is 0 Å². The van der Waals surface area contributed by atoms with Crippen LogP contribution in [0, 0.1) is 0 Å². The minimum absolute atomic E-state index is 0.0437. The van der Waals surface area contributed by atoms with E-state index in [1.807, 2.05) is 56.3 Å². The van der Waals surface area contributed by atoms with Crippen molar-refractivity contribution >= 4 is 5.78 Å². The Morgan fingerprint density at radius 2 is 1.71 bits per heavy atom. The van der Waals surface area contributed by atoms with Gasteiger partial charge in [-0.1, -0.05) is 43.7 Å². The number of aryl methyl sites for hydroxylation is 1. The highest BCUT2D eigenvalue weighted by atomic mass is 16.5. The van der Waals surface area contributed by atoms with Crippen LogP contribution in [0.15, 0.2) is 48.5 Å². The van der Waals surface area contributed by atoms with Gasteiger partial charge >= 0.3 is 0 Å². The lowest BCUT2D eigenvalue weighted by atomic mass is 10.00. The molecule has 2 aromatic rings. The predicted molar refractivity (Wildman–Crippen MR) is 86.1 cm³/mol. The molecule has 0 heterocycles. The van der Waals surface area contributed by atoms with Crippen molar-refractivity contribution in [3.05, 3.63) is 65.2 Å². The summed E-state index contributed by atoms with van der Waals surface area (Å²) in [5, 5.41) is 0. The summed E-state index contributed by atoms with van der Waals surface area (Å²) in [5.41, 5.74) is 2.61. The molecule has 0 aliphatic carbocycles. The molecule has 0 bridgehead atoms.